The molecule has 2 rings (SSSR count). The van der Waals surface area contributed by atoms with Gasteiger partial charge in [0.05, 0.1) is 11.6 Å². The van der Waals surface area contributed by atoms with Crippen LogP contribution in [0.3, 0.4) is 0 Å². The minimum Gasteiger partial charge on any atom is -0.493 e. The molecule has 1 saturated carbocycles. The van der Waals surface area contributed by atoms with Crippen LogP contribution in [0.1, 0.15) is 38.2 Å². The SMILES string of the molecule is CCCc1ccc(OCC2(CC(N)=S)CC2)cc1. The molecule has 1 aromatic carbocycles. The van der Waals surface area contributed by atoms with E-state index in [4.69, 9.17) is 22.7 Å². The number of hydrogen-bond acceptors (Lipinski definition) is 2. The second-order valence-electron chi connectivity index (χ2n) is 5.33. The maximum atomic E-state index is 5.85. The van der Waals surface area contributed by atoms with E-state index in [-0.39, 0.29) is 5.41 Å². The molecule has 2 nitrogen and oxygen atoms in total. The molecule has 0 aromatic heterocycles. The summed E-state index contributed by atoms with van der Waals surface area (Å²) in [6, 6.07) is 8.40. The highest BCUT2D eigenvalue weighted by Gasteiger charge is 2.43. The van der Waals surface area contributed by atoms with Crippen molar-refractivity contribution < 1.29 is 4.74 Å². The molecule has 0 spiro atoms. The third-order valence-corrected chi connectivity index (χ3v) is 3.66. The van der Waals surface area contributed by atoms with Gasteiger partial charge < -0.3 is 10.5 Å². The summed E-state index contributed by atoms with van der Waals surface area (Å²) in [4.78, 5) is 0.606. The number of hydrogen-bond donors (Lipinski definition) is 1. The van der Waals surface area contributed by atoms with Crippen molar-refractivity contribution in [1.29, 1.82) is 0 Å². The van der Waals surface area contributed by atoms with Crippen LogP contribution >= 0.6 is 12.2 Å². The fraction of sp³-hybridized carbons (Fsp3) is 0.533. The van der Waals surface area contributed by atoms with Gasteiger partial charge in [0.2, 0.25) is 0 Å². The number of nitrogens with two attached hydrogens (primary N) is 1. The van der Waals surface area contributed by atoms with Gasteiger partial charge in [0, 0.05) is 11.8 Å². The zero-order chi connectivity index (χ0) is 13.0. The van der Waals surface area contributed by atoms with Crippen molar-refractivity contribution >= 4 is 17.2 Å². The average Bonchev–Trinajstić information content (AvgIpc) is 3.08. The summed E-state index contributed by atoms with van der Waals surface area (Å²) >= 11 is 4.98. The van der Waals surface area contributed by atoms with Gasteiger partial charge in [0.1, 0.15) is 5.75 Å². The van der Waals surface area contributed by atoms with E-state index in [0.717, 1.165) is 25.2 Å². The van der Waals surface area contributed by atoms with Crippen LogP contribution < -0.4 is 10.5 Å². The summed E-state index contributed by atoms with van der Waals surface area (Å²) in [5.74, 6) is 0.948. The van der Waals surface area contributed by atoms with Crippen molar-refractivity contribution in [1.82, 2.24) is 0 Å². The smallest absolute Gasteiger partial charge is 0.119 e. The zero-order valence-corrected chi connectivity index (χ0v) is 11.8. The molecule has 1 aliphatic carbocycles. The normalized spacial score (nSPS) is 16.3. The van der Waals surface area contributed by atoms with E-state index in [1.807, 2.05) is 0 Å². The minimum absolute atomic E-state index is 0.230. The Hall–Kier alpha value is -1.09. The Labute approximate surface area is 115 Å². The van der Waals surface area contributed by atoms with Crippen molar-refractivity contribution in [3.63, 3.8) is 0 Å². The number of aryl methyl sites for hydroxylation is 1. The van der Waals surface area contributed by atoms with Crippen LogP contribution in [0.25, 0.3) is 0 Å². The Morgan fingerprint density at radius 1 is 1.33 bits per heavy atom. The van der Waals surface area contributed by atoms with Gasteiger partial charge >= 0.3 is 0 Å². The summed E-state index contributed by atoms with van der Waals surface area (Å²) in [6.45, 7) is 2.93. The number of rotatable bonds is 7. The van der Waals surface area contributed by atoms with Crippen molar-refractivity contribution in [2.24, 2.45) is 11.1 Å². The number of thiocarbonyl (C=S) groups is 1. The molecule has 98 valence electrons. The predicted octanol–water partition coefficient (Wildman–Crippen LogP) is 3.47. The molecule has 0 atom stereocenters. The van der Waals surface area contributed by atoms with Crippen molar-refractivity contribution in [3.05, 3.63) is 29.8 Å². The molecule has 0 heterocycles. The third-order valence-electron chi connectivity index (χ3n) is 3.51. The van der Waals surface area contributed by atoms with Crippen LogP contribution in [0, 0.1) is 5.41 Å². The molecule has 3 heteroatoms. The van der Waals surface area contributed by atoms with E-state index in [1.165, 1.54) is 24.8 Å². The number of benzene rings is 1. The summed E-state index contributed by atoms with van der Waals surface area (Å²) in [5, 5.41) is 0. The zero-order valence-electron chi connectivity index (χ0n) is 10.9. The van der Waals surface area contributed by atoms with Crippen LogP contribution in [-0.4, -0.2) is 11.6 Å². The van der Waals surface area contributed by atoms with Gasteiger partial charge in [-0.1, -0.05) is 37.7 Å². The van der Waals surface area contributed by atoms with Gasteiger partial charge in [-0.15, -0.1) is 0 Å². The highest BCUT2D eigenvalue weighted by atomic mass is 32.1. The standard InChI is InChI=1S/C15H21NOS/c1-2-3-12-4-6-13(7-5-12)17-11-15(8-9-15)10-14(16)18/h4-7H,2-3,8-11H2,1H3,(H2,16,18). The summed E-state index contributed by atoms with van der Waals surface area (Å²) < 4.78 is 5.85. The highest BCUT2D eigenvalue weighted by Crippen LogP contribution is 2.49. The van der Waals surface area contributed by atoms with Crippen LogP contribution in [0.2, 0.25) is 0 Å². The Kier molecular flexibility index (Phi) is 4.23. The maximum Gasteiger partial charge on any atom is 0.119 e. The molecule has 0 saturated heterocycles. The molecule has 0 aliphatic heterocycles. The Bertz CT molecular complexity index is 409. The third kappa shape index (κ3) is 3.70. The molecule has 1 aliphatic rings. The van der Waals surface area contributed by atoms with Crippen molar-refractivity contribution in [3.8, 4) is 5.75 Å². The lowest BCUT2D eigenvalue weighted by molar-refractivity contribution is 0.239. The molecule has 1 aromatic rings. The predicted molar refractivity (Wildman–Crippen MR) is 79.0 cm³/mol. The number of ether oxygens (including phenoxy) is 1. The van der Waals surface area contributed by atoms with Gasteiger partial charge in [-0.3, -0.25) is 0 Å². The Balaban J connectivity index is 1.85. The summed E-state index contributed by atoms with van der Waals surface area (Å²) in [7, 11) is 0. The molecule has 0 bridgehead atoms. The highest BCUT2D eigenvalue weighted by molar-refractivity contribution is 7.80. The van der Waals surface area contributed by atoms with E-state index in [9.17, 15) is 0 Å². The maximum absolute atomic E-state index is 5.85. The van der Waals surface area contributed by atoms with Crippen LogP contribution in [0.15, 0.2) is 24.3 Å². The molecule has 1 fully saturated rings. The fourth-order valence-corrected chi connectivity index (χ4v) is 2.50. The summed E-state index contributed by atoms with van der Waals surface area (Å²) in [5.41, 5.74) is 7.22. The monoisotopic (exact) mass is 263 g/mol. The van der Waals surface area contributed by atoms with Crippen molar-refractivity contribution in [2.45, 2.75) is 39.0 Å². The van der Waals surface area contributed by atoms with Crippen LogP contribution in [0.5, 0.6) is 5.75 Å². The van der Waals surface area contributed by atoms with Gasteiger partial charge in [-0.2, -0.15) is 0 Å². The lowest BCUT2D eigenvalue weighted by atomic mass is 10.0. The first-order valence-electron chi connectivity index (χ1n) is 6.64. The van der Waals surface area contributed by atoms with Gasteiger partial charge in [-0.25, -0.2) is 0 Å². The lowest BCUT2D eigenvalue weighted by Crippen LogP contribution is -2.20. The van der Waals surface area contributed by atoms with Gasteiger partial charge in [0.15, 0.2) is 0 Å². The molecule has 18 heavy (non-hydrogen) atoms. The average molecular weight is 263 g/mol. The summed E-state index contributed by atoms with van der Waals surface area (Å²) in [6.07, 6.45) is 5.48. The second-order valence-corrected chi connectivity index (χ2v) is 5.85. The molecule has 0 amide bonds. The first-order valence-corrected chi connectivity index (χ1v) is 7.04. The van der Waals surface area contributed by atoms with Crippen LogP contribution in [0.4, 0.5) is 0 Å². The van der Waals surface area contributed by atoms with E-state index in [2.05, 4.69) is 31.2 Å². The lowest BCUT2D eigenvalue weighted by Gasteiger charge is -2.15. The van der Waals surface area contributed by atoms with E-state index >= 15 is 0 Å². The van der Waals surface area contributed by atoms with Crippen molar-refractivity contribution in [2.75, 3.05) is 6.61 Å². The topological polar surface area (TPSA) is 35.2 Å². The molecular weight excluding hydrogens is 242 g/mol. The van der Waals surface area contributed by atoms with Gasteiger partial charge in [0.25, 0.3) is 0 Å². The van der Waals surface area contributed by atoms with Crippen LogP contribution in [-0.2, 0) is 6.42 Å². The van der Waals surface area contributed by atoms with E-state index < -0.39 is 0 Å². The molecule has 0 radical (unpaired) electrons. The van der Waals surface area contributed by atoms with Gasteiger partial charge in [-0.05, 0) is 37.0 Å². The van der Waals surface area contributed by atoms with E-state index in [0.29, 0.717) is 4.99 Å². The first kappa shape index (κ1) is 13.3. The molecule has 0 unspecified atom stereocenters. The first-order chi connectivity index (χ1) is 8.63. The Morgan fingerprint density at radius 2 is 2.00 bits per heavy atom. The van der Waals surface area contributed by atoms with E-state index in [1.54, 1.807) is 0 Å². The second kappa shape index (κ2) is 5.70. The quantitative estimate of drug-likeness (QED) is 0.765. The Morgan fingerprint density at radius 3 is 2.50 bits per heavy atom. The molecular formula is C15H21NOS. The fourth-order valence-electron chi connectivity index (χ4n) is 2.20. The molecule has 2 N–H and O–H groups in total. The largest absolute Gasteiger partial charge is 0.493 e. The minimum atomic E-state index is 0.230.